The minimum absolute atomic E-state index is 0.784. The number of rotatable bonds is 6. The number of unbranched alkanes of at least 4 members (excludes halogenated alkanes) is 1. The maximum Gasteiger partial charge on any atom is 0.114 e. The Morgan fingerprint density at radius 3 is 2.89 bits per heavy atom. The summed E-state index contributed by atoms with van der Waals surface area (Å²) >= 11 is 0. The summed E-state index contributed by atoms with van der Waals surface area (Å²) in [6.07, 6.45) is 9.26. The average Bonchev–Trinajstić information content (AvgIpc) is 2.84. The van der Waals surface area contributed by atoms with Crippen LogP contribution in [-0.2, 0) is 6.54 Å². The third-order valence-corrected chi connectivity index (χ3v) is 2.91. The number of nitrogens with zero attached hydrogens (tertiary/aromatic N) is 4. The molecule has 4 heteroatoms. The Morgan fingerprint density at radius 1 is 1.28 bits per heavy atom. The second-order valence-electron chi connectivity index (χ2n) is 5.00. The van der Waals surface area contributed by atoms with Crippen LogP contribution in [0.15, 0.2) is 30.7 Å². The monoisotopic (exact) mass is 244 g/mol. The van der Waals surface area contributed by atoms with E-state index >= 15 is 0 Å². The molecule has 2 heterocycles. The van der Waals surface area contributed by atoms with Crippen molar-refractivity contribution in [2.75, 3.05) is 0 Å². The third-order valence-electron chi connectivity index (χ3n) is 2.91. The minimum atomic E-state index is 0.784. The number of hydrogen-bond acceptors (Lipinski definition) is 3. The van der Waals surface area contributed by atoms with Gasteiger partial charge in [-0.25, -0.2) is 0 Å². The molecule has 4 nitrogen and oxygen atoms in total. The SMILES string of the molecule is CC(C)CCCCn1cc(-c2cccnc2)nn1. The van der Waals surface area contributed by atoms with E-state index in [-0.39, 0.29) is 0 Å². The molecule has 0 amide bonds. The van der Waals surface area contributed by atoms with Gasteiger partial charge in [0, 0.05) is 24.5 Å². The molecular weight excluding hydrogens is 224 g/mol. The summed E-state index contributed by atoms with van der Waals surface area (Å²) in [5, 5.41) is 8.32. The molecule has 0 spiro atoms. The van der Waals surface area contributed by atoms with E-state index in [0.717, 1.165) is 30.1 Å². The van der Waals surface area contributed by atoms with Gasteiger partial charge in [0.1, 0.15) is 5.69 Å². The van der Waals surface area contributed by atoms with Gasteiger partial charge in [-0.1, -0.05) is 31.9 Å². The van der Waals surface area contributed by atoms with E-state index in [4.69, 9.17) is 0 Å². The lowest BCUT2D eigenvalue weighted by atomic mass is 10.1. The first kappa shape index (κ1) is 12.7. The lowest BCUT2D eigenvalue weighted by Crippen LogP contribution is -1.99. The molecule has 2 rings (SSSR count). The average molecular weight is 244 g/mol. The summed E-state index contributed by atoms with van der Waals surface area (Å²) in [6, 6.07) is 3.91. The molecule has 2 aromatic rings. The van der Waals surface area contributed by atoms with Crippen LogP contribution in [0.4, 0.5) is 0 Å². The van der Waals surface area contributed by atoms with Gasteiger partial charge in [-0.3, -0.25) is 9.67 Å². The predicted octanol–water partition coefficient (Wildman–Crippen LogP) is 3.17. The second kappa shape index (κ2) is 6.28. The molecule has 0 unspecified atom stereocenters. The molecule has 0 bridgehead atoms. The maximum absolute atomic E-state index is 4.17. The van der Waals surface area contributed by atoms with Crippen LogP contribution < -0.4 is 0 Å². The van der Waals surface area contributed by atoms with Gasteiger partial charge >= 0.3 is 0 Å². The van der Waals surface area contributed by atoms with Crippen LogP contribution in [0, 0.1) is 5.92 Å². The normalized spacial score (nSPS) is 11.1. The maximum atomic E-state index is 4.17. The van der Waals surface area contributed by atoms with Crippen molar-refractivity contribution in [1.82, 2.24) is 20.0 Å². The molecule has 18 heavy (non-hydrogen) atoms. The lowest BCUT2D eigenvalue weighted by molar-refractivity contribution is 0.485. The van der Waals surface area contributed by atoms with Crippen LogP contribution in [0.5, 0.6) is 0 Å². The fraction of sp³-hybridized carbons (Fsp3) is 0.500. The Bertz CT molecular complexity index is 462. The zero-order valence-corrected chi connectivity index (χ0v) is 11.1. The molecule has 0 fully saturated rings. The number of hydrogen-bond donors (Lipinski definition) is 0. The minimum Gasteiger partial charge on any atom is -0.264 e. The van der Waals surface area contributed by atoms with Gasteiger partial charge in [-0.2, -0.15) is 0 Å². The number of aromatic nitrogens is 4. The molecule has 0 aliphatic rings. The smallest absolute Gasteiger partial charge is 0.114 e. The van der Waals surface area contributed by atoms with Crippen molar-refractivity contribution in [3.8, 4) is 11.3 Å². The molecular formula is C14H20N4. The van der Waals surface area contributed by atoms with Crippen molar-refractivity contribution >= 4 is 0 Å². The first-order chi connectivity index (χ1) is 8.75. The Hall–Kier alpha value is -1.71. The van der Waals surface area contributed by atoms with Gasteiger partial charge in [-0.15, -0.1) is 5.10 Å². The largest absolute Gasteiger partial charge is 0.264 e. The fourth-order valence-electron chi connectivity index (χ4n) is 1.88. The van der Waals surface area contributed by atoms with Gasteiger partial charge in [-0.05, 0) is 24.5 Å². The van der Waals surface area contributed by atoms with Crippen molar-refractivity contribution in [2.24, 2.45) is 5.92 Å². The Balaban J connectivity index is 1.87. The van der Waals surface area contributed by atoms with Crippen molar-refractivity contribution in [1.29, 1.82) is 0 Å². The van der Waals surface area contributed by atoms with Crippen molar-refractivity contribution in [3.63, 3.8) is 0 Å². The van der Waals surface area contributed by atoms with Gasteiger partial charge in [0.15, 0.2) is 0 Å². The van der Waals surface area contributed by atoms with E-state index in [1.165, 1.54) is 12.8 Å². The van der Waals surface area contributed by atoms with Crippen LogP contribution in [-0.4, -0.2) is 20.0 Å². The zero-order valence-electron chi connectivity index (χ0n) is 11.1. The van der Waals surface area contributed by atoms with Crippen molar-refractivity contribution < 1.29 is 0 Å². The van der Waals surface area contributed by atoms with Crippen LogP contribution in [0.1, 0.15) is 33.1 Å². The number of aryl methyl sites for hydroxylation is 1. The Kier molecular flexibility index (Phi) is 4.45. The molecule has 0 radical (unpaired) electrons. The Morgan fingerprint density at radius 2 is 2.17 bits per heavy atom. The molecule has 0 aromatic carbocycles. The van der Waals surface area contributed by atoms with Gasteiger partial charge in [0.2, 0.25) is 0 Å². The van der Waals surface area contributed by atoms with Crippen LogP contribution in [0.25, 0.3) is 11.3 Å². The van der Waals surface area contributed by atoms with E-state index in [2.05, 4.69) is 29.1 Å². The second-order valence-corrected chi connectivity index (χ2v) is 5.00. The highest BCUT2D eigenvalue weighted by molar-refractivity contribution is 5.55. The van der Waals surface area contributed by atoms with E-state index in [9.17, 15) is 0 Å². The molecule has 0 saturated carbocycles. The summed E-state index contributed by atoms with van der Waals surface area (Å²) in [7, 11) is 0. The standard InChI is InChI=1S/C14H20N4/c1-12(2)6-3-4-9-18-11-14(16-17-18)13-7-5-8-15-10-13/h5,7-8,10-12H,3-4,6,9H2,1-2H3. The summed E-state index contributed by atoms with van der Waals surface area (Å²) in [5.74, 6) is 0.784. The van der Waals surface area contributed by atoms with Crippen LogP contribution in [0.2, 0.25) is 0 Å². The van der Waals surface area contributed by atoms with E-state index in [1.807, 2.05) is 29.2 Å². The molecule has 0 N–H and O–H groups in total. The first-order valence-corrected chi connectivity index (χ1v) is 6.56. The van der Waals surface area contributed by atoms with E-state index in [1.54, 1.807) is 6.20 Å². The summed E-state index contributed by atoms with van der Waals surface area (Å²) in [6.45, 7) is 5.46. The predicted molar refractivity (Wildman–Crippen MR) is 71.9 cm³/mol. The van der Waals surface area contributed by atoms with Crippen molar-refractivity contribution in [3.05, 3.63) is 30.7 Å². The topological polar surface area (TPSA) is 43.6 Å². The highest BCUT2D eigenvalue weighted by Crippen LogP contribution is 2.14. The van der Waals surface area contributed by atoms with Crippen molar-refractivity contribution in [2.45, 2.75) is 39.7 Å². The molecule has 0 atom stereocenters. The van der Waals surface area contributed by atoms with Gasteiger partial charge < -0.3 is 0 Å². The molecule has 0 saturated heterocycles. The molecule has 96 valence electrons. The lowest BCUT2D eigenvalue weighted by Gasteiger charge is -2.03. The van der Waals surface area contributed by atoms with Gasteiger partial charge in [0.25, 0.3) is 0 Å². The zero-order chi connectivity index (χ0) is 12.8. The van der Waals surface area contributed by atoms with Crippen LogP contribution in [0.3, 0.4) is 0 Å². The highest BCUT2D eigenvalue weighted by Gasteiger charge is 2.03. The third kappa shape index (κ3) is 3.65. The molecule has 0 aliphatic carbocycles. The summed E-state index contributed by atoms with van der Waals surface area (Å²) in [4.78, 5) is 4.09. The van der Waals surface area contributed by atoms with E-state index < -0.39 is 0 Å². The van der Waals surface area contributed by atoms with E-state index in [0.29, 0.717) is 0 Å². The van der Waals surface area contributed by atoms with Crippen LogP contribution >= 0.6 is 0 Å². The Labute approximate surface area is 108 Å². The first-order valence-electron chi connectivity index (χ1n) is 6.56. The molecule has 0 aliphatic heterocycles. The van der Waals surface area contributed by atoms with Gasteiger partial charge in [0.05, 0.1) is 6.20 Å². The highest BCUT2D eigenvalue weighted by atomic mass is 15.4. The summed E-state index contributed by atoms with van der Waals surface area (Å²) in [5.41, 5.74) is 1.91. The quantitative estimate of drug-likeness (QED) is 0.733. The number of pyridine rings is 1. The molecule has 2 aromatic heterocycles. The fourth-order valence-corrected chi connectivity index (χ4v) is 1.88. The summed E-state index contributed by atoms with van der Waals surface area (Å²) < 4.78 is 1.92.